The number of nitrogens with one attached hydrogen (secondary N) is 1. The van der Waals surface area contributed by atoms with Crippen LogP contribution in [0.4, 0.5) is 17.2 Å². The molecule has 1 aromatic rings. The average molecular weight is 427 g/mol. The number of carboxylic acids is 2. The fraction of sp³-hybridized carbons (Fsp3) is 0.588. The Kier molecular flexibility index (Phi) is 10.7. The van der Waals surface area contributed by atoms with Gasteiger partial charge in [0.05, 0.1) is 15.9 Å². The van der Waals surface area contributed by atoms with E-state index in [1.54, 1.807) is 0 Å². The van der Waals surface area contributed by atoms with Crippen molar-refractivity contribution in [1.29, 1.82) is 0 Å². The fourth-order valence-corrected chi connectivity index (χ4v) is 2.84. The van der Waals surface area contributed by atoms with E-state index in [1.165, 1.54) is 32.4 Å². The summed E-state index contributed by atoms with van der Waals surface area (Å²) in [5.41, 5.74) is -0.744. The van der Waals surface area contributed by atoms with Crippen molar-refractivity contribution in [2.45, 2.75) is 38.5 Å². The van der Waals surface area contributed by atoms with Crippen LogP contribution in [0.25, 0.3) is 0 Å². The van der Waals surface area contributed by atoms with Gasteiger partial charge in [0.15, 0.2) is 0 Å². The van der Waals surface area contributed by atoms with Gasteiger partial charge in [0.1, 0.15) is 6.20 Å². The average Bonchev–Trinajstić information content (AvgIpc) is 2.71. The van der Waals surface area contributed by atoms with Crippen LogP contribution in [0, 0.1) is 20.2 Å². The molecule has 0 amide bonds. The van der Waals surface area contributed by atoms with Gasteiger partial charge >= 0.3 is 17.6 Å². The Morgan fingerprint density at radius 1 is 1.03 bits per heavy atom. The van der Waals surface area contributed by atoms with E-state index < -0.39 is 21.8 Å². The number of rotatable bonds is 9. The van der Waals surface area contributed by atoms with E-state index in [4.69, 9.17) is 19.8 Å². The molecule has 2 rings (SSSR count). The molecule has 1 aromatic heterocycles. The van der Waals surface area contributed by atoms with Crippen molar-refractivity contribution in [1.82, 2.24) is 9.88 Å². The number of unbranched alkanes of at least 4 members (excludes halogenated alkanes) is 2. The van der Waals surface area contributed by atoms with Crippen molar-refractivity contribution in [2.24, 2.45) is 0 Å². The highest BCUT2D eigenvalue weighted by Gasteiger charge is 2.20. The van der Waals surface area contributed by atoms with E-state index in [9.17, 15) is 20.2 Å². The maximum absolute atomic E-state index is 11.0. The molecule has 0 aliphatic carbocycles. The minimum Gasteiger partial charge on any atom is -0.473 e. The largest absolute Gasteiger partial charge is 0.473 e. The maximum atomic E-state index is 11.0. The van der Waals surface area contributed by atoms with E-state index >= 15 is 0 Å². The van der Waals surface area contributed by atoms with Crippen LogP contribution in [0.1, 0.15) is 38.5 Å². The lowest BCUT2D eigenvalue weighted by molar-refractivity contribution is -0.394. The molecule has 1 aliphatic rings. The second-order valence-corrected chi connectivity index (χ2v) is 6.58. The van der Waals surface area contributed by atoms with E-state index in [-0.39, 0.29) is 17.2 Å². The summed E-state index contributed by atoms with van der Waals surface area (Å²) < 4.78 is 0. The first-order valence-corrected chi connectivity index (χ1v) is 9.43. The molecule has 0 saturated carbocycles. The number of piperidine rings is 1. The van der Waals surface area contributed by atoms with Gasteiger partial charge < -0.3 is 20.4 Å². The molecule has 1 aliphatic heterocycles. The SMILES string of the molecule is O=C(O)C(=O)O.O=[N+]([O-])c1cnc(NCCCCCN2CCCCC2)c([N+](=O)[O-])c1. The van der Waals surface area contributed by atoms with E-state index in [1.807, 2.05) is 0 Å². The standard InChI is InChI=1S/C15H23N5O4.C2H2O4/c21-19(22)13-11-14(20(23)24)15(17-12-13)16-7-3-1-4-8-18-9-5-2-6-10-18;3-1(4)2(5)6/h11-12H,1-10H2,(H,16,17);(H,3,4)(H,5,6). The number of anilines is 1. The second-order valence-electron chi connectivity index (χ2n) is 6.58. The molecule has 1 saturated heterocycles. The van der Waals surface area contributed by atoms with Crippen LogP contribution >= 0.6 is 0 Å². The van der Waals surface area contributed by atoms with Crippen molar-refractivity contribution in [3.8, 4) is 0 Å². The highest BCUT2D eigenvalue weighted by molar-refractivity contribution is 6.27. The van der Waals surface area contributed by atoms with Crippen LogP contribution in [0.15, 0.2) is 12.3 Å². The molecule has 166 valence electrons. The number of carboxylic acid groups (broad SMARTS) is 2. The molecule has 0 spiro atoms. The molecule has 0 radical (unpaired) electrons. The quantitative estimate of drug-likeness (QED) is 0.226. The van der Waals surface area contributed by atoms with Gasteiger partial charge in [-0.3, -0.25) is 20.2 Å². The Labute approximate surface area is 172 Å². The fourth-order valence-electron chi connectivity index (χ4n) is 2.84. The van der Waals surface area contributed by atoms with Crippen molar-refractivity contribution in [3.05, 3.63) is 32.5 Å². The van der Waals surface area contributed by atoms with Crippen molar-refractivity contribution < 1.29 is 29.6 Å². The Morgan fingerprint density at radius 3 is 2.20 bits per heavy atom. The summed E-state index contributed by atoms with van der Waals surface area (Å²) >= 11 is 0. The third-order valence-electron chi connectivity index (χ3n) is 4.34. The van der Waals surface area contributed by atoms with Gasteiger partial charge in [0.25, 0.3) is 5.69 Å². The van der Waals surface area contributed by atoms with Crippen LogP contribution in [0.2, 0.25) is 0 Å². The number of aliphatic carboxylic acids is 2. The lowest BCUT2D eigenvalue weighted by atomic mass is 10.1. The number of pyridine rings is 1. The zero-order valence-electron chi connectivity index (χ0n) is 16.4. The van der Waals surface area contributed by atoms with Crippen molar-refractivity contribution in [2.75, 3.05) is 31.5 Å². The number of nitrogens with zero attached hydrogens (tertiary/aromatic N) is 4. The number of hydrogen-bond acceptors (Lipinski definition) is 9. The number of nitro groups is 2. The summed E-state index contributed by atoms with van der Waals surface area (Å²) in [7, 11) is 0. The molecule has 0 unspecified atom stereocenters. The van der Waals surface area contributed by atoms with Gasteiger partial charge in [-0.25, -0.2) is 14.6 Å². The molecular formula is C17H25N5O8. The Bertz CT molecular complexity index is 740. The maximum Gasteiger partial charge on any atom is 0.414 e. The van der Waals surface area contributed by atoms with Crippen LogP contribution in [-0.4, -0.2) is 68.1 Å². The number of aromatic nitrogens is 1. The summed E-state index contributed by atoms with van der Waals surface area (Å²) in [6.07, 6.45) is 7.96. The van der Waals surface area contributed by atoms with Crippen LogP contribution in [0.5, 0.6) is 0 Å². The number of hydrogen-bond donors (Lipinski definition) is 3. The zero-order chi connectivity index (χ0) is 22.5. The molecular weight excluding hydrogens is 402 g/mol. The number of carbonyl (C=O) groups is 2. The summed E-state index contributed by atoms with van der Waals surface area (Å²) in [4.78, 5) is 44.8. The van der Waals surface area contributed by atoms with Gasteiger partial charge in [-0.2, -0.15) is 0 Å². The minimum atomic E-state index is -1.82. The normalized spacial score (nSPS) is 13.6. The highest BCUT2D eigenvalue weighted by atomic mass is 16.6. The Morgan fingerprint density at radius 2 is 1.67 bits per heavy atom. The van der Waals surface area contributed by atoms with Gasteiger partial charge in [0.2, 0.25) is 5.82 Å². The summed E-state index contributed by atoms with van der Waals surface area (Å²) in [6, 6.07) is 0.936. The third kappa shape index (κ3) is 9.23. The third-order valence-corrected chi connectivity index (χ3v) is 4.34. The van der Waals surface area contributed by atoms with Gasteiger partial charge in [-0.15, -0.1) is 0 Å². The van der Waals surface area contributed by atoms with E-state index in [0.29, 0.717) is 6.54 Å². The first-order valence-electron chi connectivity index (χ1n) is 9.43. The minimum absolute atomic E-state index is 0.0848. The smallest absolute Gasteiger partial charge is 0.414 e. The number of likely N-dealkylation sites (tertiary alicyclic amines) is 1. The predicted molar refractivity (Wildman–Crippen MR) is 105 cm³/mol. The first-order chi connectivity index (χ1) is 14.2. The first kappa shape index (κ1) is 24.7. The lowest BCUT2D eigenvalue weighted by Gasteiger charge is -2.26. The molecule has 0 atom stereocenters. The molecule has 13 nitrogen and oxygen atoms in total. The van der Waals surface area contributed by atoms with Crippen LogP contribution in [-0.2, 0) is 9.59 Å². The van der Waals surface area contributed by atoms with Crippen LogP contribution in [0.3, 0.4) is 0 Å². The zero-order valence-corrected chi connectivity index (χ0v) is 16.4. The lowest BCUT2D eigenvalue weighted by Crippen LogP contribution is -2.30. The molecule has 1 fully saturated rings. The molecule has 2 heterocycles. The monoisotopic (exact) mass is 427 g/mol. The molecule has 3 N–H and O–H groups in total. The molecule has 0 bridgehead atoms. The Hall–Kier alpha value is -3.35. The summed E-state index contributed by atoms with van der Waals surface area (Å²) in [6.45, 7) is 4.05. The topological polar surface area (TPSA) is 189 Å². The Balaban J connectivity index is 0.000000656. The van der Waals surface area contributed by atoms with Crippen molar-refractivity contribution in [3.63, 3.8) is 0 Å². The van der Waals surface area contributed by atoms with Crippen LogP contribution < -0.4 is 5.32 Å². The molecule has 30 heavy (non-hydrogen) atoms. The molecule has 13 heteroatoms. The van der Waals surface area contributed by atoms with E-state index in [2.05, 4.69) is 15.2 Å². The van der Waals surface area contributed by atoms with Crippen molar-refractivity contribution >= 4 is 29.1 Å². The van der Waals surface area contributed by atoms with Gasteiger partial charge in [0, 0.05) is 6.54 Å². The highest BCUT2D eigenvalue weighted by Crippen LogP contribution is 2.26. The predicted octanol–water partition coefficient (Wildman–Crippen LogP) is 2.12. The summed E-state index contributed by atoms with van der Waals surface area (Å²) in [5, 5.41) is 39.4. The summed E-state index contributed by atoms with van der Waals surface area (Å²) in [5.74, 6) is -3.56. The van der Waals surface area contributed by atoms with E-state index in [0.717, 1.165) is 38.1 Å². The van der Waals surface area contributed by atoms with Gasteiger partial charge in [-0.05, 0) is 45.3 Å². The second kappa shape index (κ2) is 13.0. The van der Waals surface area contributed by atoms with Gasteiger partial charge in [-0.1, -0.05) is 12.8 Å². The molecule has 0 aromatic carbocycles.